The highest BCUT2D eigenvalue weighted by atomic mass is 14.4. The second-order valence-corrected chi connectivity index (χ2v) is 5.08. The van der Waals surface area contributed by atoms with Gasteiger partial charge in [-0.25, -0.2) is 0 Å². The minimum atomic E-state index is 0.617. The SMILES string of the molecule is CC(C)[C@@H]1CCCCC1(C)C. The van der Waals surface area contributed by atoms with E-state index in [0.717, 1.165) is 11.8 Å². The van der Waals surface area contributed by atoms with Crippen LogP contribution in [-0.4, -0.2) is 0 Å². The highest BCUT2D eigenvalue weighted by Gasteiger charge is 2.33. The molecule has 0 bridgehead atoms. The first-order chi connectivity index (χ1) is 5.04. The van der Waals surface area contributed by atoms with E-state index in [1.165, 1.54) is 25.7 Å². The number of hydrogen-bond acceptors (Lipinski definition) is 0. The van der Waals surface area contributed by atoms with Crippen LogP contribution in [0.15, 0.2) is 0 Å². The van der Waals surface area contributed by atoms with Gasteiger partial charge in [-0.05, 0) is 30.1 Å². The molecule has 0 N–H and O–H groups in total. The summed E-state index contributed by atoms with van der Waals surface area (Å²) in [4.78, 5) is 0. The van der Waals surface area contributed by atoms with Crippen LogP contribution in [0.4, 0.5) is 0 Å². The minimum absolute atomic E-state index is 0.617. The first kappa shape index (κ1) is 9.09. The molecule has 0 unspecified atom stereocenters. The second kappa shape index (κ2) is 3.16. The summed E-state index contributed by atoms with van der Waals surface area (Å²) in [6.45, 7) is 9.63. The Kier molecular flexibility index (Phi) is 2.61. The summed E-state index contributed by atoms with van der Waals surface area (Å²) < 4.78 is 0. The molecule has 0 aromatic heterocycles. The molecule has 11 heavy (non-hydrogen) atoms. The molecular formula is C11H22. The molecule has 1 aliphatic rings. The van der Waals surface area contributed by atoms with Crippen molar-refractivity contribution in [3.8, 4) is 0 Å². The smallest absolute Gasteiger partial charge is 0.0323 e. The third-order valence-electron chi connectivity index (χ3n) is 3.39. The molecule has 1 saturated carbocycles. The van der Waals surface area contributed by atoms with Gasteiger partial charge in [-0.1, -0.05) is 40.5 Å². The third kappa shape index (κ3) is 1.98. The summed E-state index contributed by atoms with van der Waals surface area (Å²) in [6, 6.07) is 0. The van der Waals surface area contributed by atoms with Gasteiger partial charge in [-0.2, -0.15) is 0 Å². The Bertz CT molecular complexity index is 122. The first-order valence-corrected chi connectivity index (χ1v) is 5.04. The highest BCUT2D eigenvalue weighted by Crippen LogP contribution is 2.44. The number of hydrogen-bond donors (Lipinski definition) is 0. The van der Waals surface area contributed by atoms with Crippen LogP contribution in [-0.2, 0) is 0 Å². The second-order valence-electron chi connectivity index (χ2n) is 5.08. The summed E-state index contributed by atoms with van der Waals surface area (Å²) in [5, 5.41) is 0. The normalized spacial score (nSPS) is 30.8. The van der Waals surface area contributed by atoms with Crippen molar-refractivity contribution in [1.29, 1.82) is 0 Å². The maximum atomic E-state index is 2.44. The van der Waals surface area contributed by atoms with E-state index in [1.54, 1.807) is 0 Å². The average Bonchev–Trinajstić information content (AvgIpc) is 1.85. The van der Waals surface area contributed by atoms with E-state index in [0.29, 0.717) is 5.41 Å². The Morgan fingerprint density at radius 2 is 1.82 bits per heavy atom. The molecule has 0 radical (unpaired) electrons. The predicted molar refractivity (Wildman–Crippen MR) is 50.6 cm³/mol. The molecule has 0 amide bonds. The minimum Gasteiger partial charge on any atom is -0.0625 e. The zero-order valence-corrected chi connectivity index (χ0v) is 8.48. The van der Waals surface area contributed by atoms with E-state index >= 15 is 0 Å². The van der Waals surface area contributed by atoms with E-state index < -0.39 is 0 Å². The maximum Gasteiger partial charge on any atom is -0.0323 e. The predicted octanol–water partition coefficient (Wildman–Crippen LogP) is 3.86. The Labute approximate surface area is 71.4 Å². The molecule has 1 rings (SSSR count). The van der Waals surface area contributed by atoms with Gasteiger partial charge in [0.05, 0.1) is 0 Å². The van der Waals surface area contributed by atoms with E-state index in [9.17, 15) is 0 Å². The van der Waals surface area contributed by atoms with Crippen LogP contribution in [0.25, 0.3) is 0 Å². The first-order valence-electron chi connectivity index (χ1n) is 5.04. The Morgan fingerprint density at radius 3 is 2.18 bits per heavy atom. The van der Waals surface area contributed by atoms with Crippen LogP contribution >= 0.6 is 0 Å². The summed E-state index contributed by atoms with van der Waals surface area (Å²) >= 11 is 0. The molecule has 1 atom stereocenters. The van der Waals surface area contributed by atoms with E-state index in [-0.39, 0.29) is 0 Å². The van der Waals surface area contributed by atoms with Crippen molar-refractivity contribution in [2.45, 2.75) is 53.4 Å². The van der Waals surface area contributed by atoms with E-state index in [1.807, 2.05) is 0 Å². The molecule has 0 aromatic carbocycles. The summed E-state index contributed by atoms with van der Waals surface area (Å²) in [6.07, 6.45) is 5.82. The van der Waals surface area contributed by atoms with Crippen LogP contribution in [0.1, 0.15) is 53.4 Å². The summed E-state index contributed by atoms with van der Waals surface area (Å²) in [5.41, 5.74) is 0.617. The largest absolute Gasteiger partial charge is 0.0625 e. The van der Waals surface area contributed by atoms with Gasteiger partial charge in [-0.3, -0.25) is 0 Å². The van der Waals surface area contributed by atoms with Crippen molar-refractivity contribution in [1.82, 2.24) is 0 Å². The van der Waals surface area contributed by atoms with Crippen molar-refractivity contribution in [2.24, 2.45) is 17.3 Å². The highest BCUT2D eigenvalue weighted by molar-refractivity contribution is 4.84. The van der Waals surface area contributed by atoms with Crippen molar-refractivity contribution < 1.29 is 0 Å². The van der Waals surface area contributed by atoms with Gasteiger partial charge in [0.2, 0.25) is 0 Å². The lowest BCUT2D eigenvalue weighted by Crippen LogP contribution is -2.31. The molecule has 66 valence electrons. The fourth-order valence-electron chi connectivity index (χ4n) is 2.76. The average molecular weight is 154 g/mol. The molecule has 0 saturated heterocycles. The third-order valence-corrected chi connectivity index (χ3v) is 3.39. The van der Waals surface area contributed by atoms with Crippen LogP contribution in [0, 0.1) is 17.3 Å². The summed E-state index contributed by atoms with van der Waals surface area (Å²) in [7, 11) is 0. The standard InChI is InChI=1S/C11H22/c1-9(2)10-7-5-6-8-11(10,3)4/h9-10H,5-8H2,1-4H3/t10-/m0/s1. The van der Waals surface area contributed by atoms with Gasteiger partial charge >= 0.3 is 0 Å². The topological polar surface area (TPSA) is 0 Å². The number of rotatable bonds is 1. The van der Waals surface area contributed by atoms with Crippen molar-refractivity contribution in [2.75, 3.05) is 0 Å². The molecule has 0 heterocycles. The zero-order chi connectivity index (χ0) is 8.48. The maximum absolute atomic E-state index is 2.44. The molecule has 1 fully saturated rings. The van der Waals surface area contributed by atoms with Crippen molar-refractivity contribution in [3.05, 3.63) is 0 Å². The molecule has 0 spiro atoms. The van der Waals surface area contributed by atoms with Gasteiger partial charge in [0, 0.05) is 0 Å². The van der Waals surface area contributed by atoms with Gasteiger partial charge in [-0.15, -0.1) is 0 Å². The molecule has 0 nitrogen and oxygen atoms in total. The molecule has 1 aliphatic carbocycles. The molecular weight excluding hydrogens is 132 g/mol. The Morgan fingerprint density at radius 1 is 1.18 bits per heavy atom. The van der Waals surface area contributed by atoms with Gasteiger partial charge in [0.1, 0.15) is 0 Å². The lowest BCUT2D eigenvalue weighted by molar-refractivity contribution is 0.0958. The Hall–Kier alpha value is 0. The fraction of sp³-hybridized carbons (Fsp3) is 1.00. The quantitative estimate of drug-likeness (QED) is 0.538. The van der Waals surface area contributed by atoms with Gasteiger partial charge in [0.15, 0.2) is 0 Å². The van der Waals surface area contributed by atoms with Gasteiger partial charge < -0.3 is 0 Å². The Balaban J connectivity index is 2.60. The zero-order valence-electron chi connectivity index (χ0n) is 8.48. The lowest BCUT2D eigenvalue weighted by Gasteiger charge is -2.41. The van der Waals surface area contributed by atoms with Crippen LogP contribution in [0.3, 0.4) is 0 Å². The van der Waals surface area contributed by atoms with Crippen molar-refractivity contribution >= 4 is 0 Å². The van der Waals surface area contributed by atoms with Gasteiger partial charge in [0.25, 0.3) is 0 Å². The van der Waals surface area contributed by atoms with E-state index in [2.05, 4.69) is 27.7 Å². The van der Waals surface area contributed by atoms with Crippen molar-refractivity contribution in [3.63, 3.8) is 0 Å². The lowest BCUT2D eigenvalue weighted by atomic mass is 9.65. The fourth-order valence-corrected chi connectivity index (χ4v) is 2.76. The van der Waals surface area contributed by atoms with E-state index in [4.69, 9.17) is 0 Å². The molecule has 0 heteroatoms. The van der Waals surface area contributed by atoms with Crippen LogP contribution in [0.5, 0.6) is 0 Å². The van der Waals surface area contributed by atoms with Crippen LogP contribution < -0.4 is 0 Å². The van der Waals surface area contributed by atoms with Crippen LogP contribution in [0.2, 0.25) is 0 Å². The molecule has 0 aromatic rings. The monoisotopic (exact) mass is 154 g/mol. The summed E-state index contributed by atoms with van der Waals surface area (Å²) in [5.74, 6) is 1.85. The molecule has 0 aliphatic heterocycles.